The van der Waals surface area contributed by atoms with Gasteiger partial charge in [0.05, 0.1) is 0 Å². The molecule has 0 aromatic heterocycles. The number of aromatic hydroxyl groups is 1. The van der Waals surface area contributed by atoms with Crippen molar-refractivity contribution in [3.05, 3.63) is 90.0 Å². The summed E-state index contributed by atoms with van der Waals surface area (Å²) in [7, 11) is 0. The minimum atomic E-state index is -0.512. The molecule has 0 aliphatic heterocycles. The van der Waals surface area contributed by atoms with Crippen LogP contribution in [0, 0.1) is 11.3 Å². The lowest BCUT2D eigenvalue weighted by Crippen LogP contribution is -2.13. The van der Waals surface area contributed by atoms with Crippen LogP contribution in [0.3, 0.4) is 0 Å². The lowest BCUT2D eigenvalue weighted by Gasteiger charge is -2.08. The highest BCUT2D eigenvalue weighted by molar-refractivity contribution is 6.09. The van der Waals surface area contributed by atoms with Crippen molar-refractivity contribution in [2.75, 3.05) is 5.32 Å². The molecule has 0 bridgehead atoms. The first-order chi connectivity index (χ1) is 13.1. The molecule has 0 saturated heterocycles. The van der Waals surface area contributed by atoms with Crippen LogP contribution in [0.5, 0.6) is 17.2 Å². The molecule has 3 rings (SSSR count). The number of para-hydroxylation sites is 1. The predicted octanol–water partition coefficient (Wildman–Crippen LogP) is 4.73. The summed E-state index contributed by atoms with van der Waals surface area (Å²) in [4.78, 5) is 12.3. The third kappa shape index (κ3) is 4.97. The normalized spacial score (nSPS) is 10.7. The summed E-state index contributed by atoms with van der Waals surface area (Å²) in [5.41, 5.74) is 1.16. The van der Waals surface area contributed by atoms with E-state index in [-0.39, 0.29) is 11.3 Å². The van der Waals surface area contributed by atoms with Crippen molar-refractivity contribution in [3.63, 3.8) is 0 Å². The maximum Gasteiger partial charge on any atom is 0.266 e. The average Bonchev–Trinajstić information content (AvgIpc) is 2.70. The fraction of sp³-hybridized carbons (Fsp3) is 0. The van der Waals surface area contributed by atoms with E-state index >= 15 is 0 Å². The van der Waals surface area contributed by atoms with Gasteiger partial charge in [0.2, 0.25) is 0 Å². The third-order valence-corrected chi connectivity index (χ3v) is 3.66. The molecule has 3 aromatic rings. The minimum Gasteiger partial charge on any atom is -0.508 e. The van der Waals surface area contributed by atoms with Gasteiger partial charge in [0.1, 0.15) is 28.9 Å². The van der Waals surface area contributed by atoms with Crippen LogP contribution in [0.2, 0.25) is 0 Å². The van der Waals surface area contributed by atoms with Crippen LogP contribution in [0.25, 0.3) is 6.08 Å². The van der Waals surface area contributed by atoms with Crippen LogP contribution in [-0.4, -0.2) is 11.0 Å². The summed E-state index contributed by atoms with van der Waals surface area (Å²) >= 11 is 0. The zero-order valence-corrected chi connectivity index (χ0v) is 14.3. The summed E-state index contributed by atoms with van der Waals surface area (Å²) < 4.78 is 5.70. The Labute approximate surface area is 156 Å². The monoisotopic (exact) mass is 356 g/mol. The first-order valence-corrected chi connectivity index (χ1v) is 8.19. The maximum absolute atomic E-state index is 12.3. The number of anilines is 1. The van der Waals surface area contributed by atoms with Gasteiger partial charge < -0.3 is 15.2 Å². The van der Waals surface area contributed by atoms with E-state index in [1.54, 1.807) is 36.4 Å². The molecule has 0 saturated carbocycles. The molecule has 0 radical (unpaired) electrons. The molecule has 0 spiro atoms. The number of benzene rings is 3. The lowest BCUT2D eigenvalue weighted by molar-refractivity contribution is -0.112. The molecule has 0 aliphatic carbocycles. The molecule has 5 nitrogen and oxygen atoms in total. The number of nitrogens with one attached hydrogen (secondary N) is 1. The number of nitrogens with zero attached hydrogens (tertiary/aromatic N) is 1. The zero-order valence-electron chi connectivity index (χ0n) is 14.3. The highest BCUT2D eigenvalue weighted by Crippen LogP contribution is 2.23. The van der Waals surface area contributed by atoms with Crippen molar-refractivity contribution < 1.29 is 14.6 Å². The largest absolute Gasteiger partial charge is 0.508 e. The Morgan fingerprint density at radius 3 is 2.19 bits per heavy atom. The van der Waals surface area contributed by atoms with Crippen molar-refractivity contribution in [1.82, 2.24) is 0 Å². The second-order valence-electron chi connectivity index (χ2n) is 5.65. The van der Waals surface area contributed by atoms with Crippen LogP contribution in [0.4, 0.5) is 5.69 Å². The Kier molecular flexibility index (Phi) is 5.51. The van der Waals surface area contributed by atoms with E-state index in [1.807, 2.05) is 36.4 Å². The number of amides is 1. The van der Waals surface area contributed by atoms with Gasteiger partial charge >= 0.3 is 0 Å². The molecule has 0 heterocycles. The Morgan fingerprint density at radius 2 is 1.56 bits per heavy atom. The van der Waals surface area contributed by atoms with Gasteiger partial charge in [0, 0.05) is 5.69 Å². The SMILES string of the molecule is N#C/C(=C\c1ccc(O)cc1)C(=O)Nc1ccc(Oc2ccccc2)cc1. The Bertz CT molecular complexity index is 986. The maximum atomic E-state index is 12.3. The van der Waals surface area contributed by atoms with Crippen LogP contribution in [0.15, 0.2) is 84.4 Å². The fourth-order valence-electron chi connectivity index (χ4n) is 2.32. The fourth-order valence-corrected chi connectivity index (χ4v) is 2.32. The molecule has 132 valence electrons. The van der Waals surface area contributed by atoms with Crippen molar-refractivity contribution >= 4 is 17.7 Å². The van der Waals surface area contributed by atoms with Gasteiger partial charge in [-0.05, 0) is 60.2 Å². The molecule has 1 amide bonds. The van der Waals surface area contributed by atoms with E-state index in [0.29, 0.717) is 17.0 Å². The van der Waals surface area contributed by atoms with Crippen molar-refractivity contribution in [2.45, 2.75) is 0 Å². The van der Waals surface area contributed by atoms with E-state index in [1.165, 1.54) is 18.2 Å². The summed E-state index contributed by atoms with van der Waals surface area (Å²) in [6.45, 7) is 0. The molecule has 5 heteroatoms. The number of ether oxygens (including phenoxy) is 1. The van der Waals surface area contributed by atoms with Gasteiger partial charge in [-0.25, -0.2) is 0 Å². The third-order valence-electron chi connectivity index (χ3n) is 3.66. The predicted molar refractivity (Wildman–Crippen MR) is 103 cm³/mol. The van der Waals surface area contributed by atoms with Gasteiger partial charge in [-0.1, -0.05) is 30.3 Å². The molecule has 27 heavy (non-hydrogen) atoms. The number of carbonyl (C=O) groups excluding carboxylic acids is 1. The van der Waals surface area contributed by atoms with Crippen molar-refractivity contribution in [1.29, 1.82) is 5.26 Å². The van der Waals surface area contributed by atoms with Crippen LogP contribution >= 0.6 is 0 Å². The zero-order chi connectivity index (χ0) is 19.1. The van der Waals surface area contributed by atoms with E-state index in [9.17, 15) is 15.2 Å². The van der Waals surface area contributed by atoms with Crippen LogP contribution < -0.4 is 10.1 Å². The van der Waals surface area contributed by atoms with Gasteiger partial charge in [0.15, 0.2) is 0 Å². The topological polar surface area (TPSA) is 82.3 Å². The highest BCUT2D eigenvalue weighted by atomic mass is 16.5. The van der Waals surface area contributed by atoms with Gasteiger partial charge in [-0.3, -0.25) is 4.79 Å². The van der Waals surface area contributed by atoms with Crippen LogP contribution in [0.1, 0.15) is 5.56 Å². The van der Waals surface area contributed by atoms with Crippen molar-refractivity contribution in [2.24, 2.45) is 0 Å². The van der Waals surface area contributed by atoms with E-state index in [4.69, 9.17) is 4.74 Å². The quantitative estimate of drug-likeness (QED) is 0.511. The second kappa shape index (κ2) is 8.37. The molecule has 2 N–H and O–H groups in total. The summed E-state index contributed by atoms with van der Waals surface area (Å²) in [5, 5.41) is 21.2. The average molecular weight is 356 g/mol. The number of rotatable bonds is 5. The number of phenols is 1. The van der Waals surface area contributed by atoms with Crippen molar-refractivity contribution in [3.8, 4) is 23.3 Å². The Balaban J connectivity index is 1.67. The number of carbonyl (C=O) groups is 1. The Morgan fingerprint density at radius 1 is 0.926 bits per heavy atom. The number of phenolic OH excluding ortho intramolecular Hbond substituents is 1. The van der Waals surface area contributed by atoms with Crippen LogP contribution in [-0.2, 0) is 4.79 Å². The Hall–Kier alpha value is -4.04. The summed E-state index contributed by atoms with van der Waals surface area (Å²) in [6.07, 6.45) is 1.46. The molecular weight excluding hydrogens is 340 g/mol. The first-order valence-electron chi connectivity index (χ1n) is 8.19. The molecular formula is C22H16N2O3. The smallest absolute Gasteiger partial charge is 0.266 e. The van der Waals surface area contributed by atoms with Gasteiger partial charge in [-0.15, -0.1) is 0 Å². The van der Waals surface area contributed by atoms with E-state index in [0.717, 1.165) is 5.75 Å². The van der Waals surface area contributed by atoms with E-state index < -0.39 is 5.91 Å². The highest BCUT2D eigenvalue weighted by Gasteiger charge is 2.10. The summed E-state index contributed by atoms with van der Waals surface area (Å²) in [6, 6.07) is 24.4. The number of nitriles is 1. The molecule has 0 fully saturated rings. The molecule has 0 atom stereocenters. The standard InChI is InChI=1S/C22H16N2O3/c23-15-17(14-16-6-10-19(25)11-7-16)22(26)24-18-8-12-21(13-9-18)27-20-4-2-1-3-5-20/h1-14,25H,(H,24,26)/b17-14+. The first kappa shape index (κ1) is 17.8. The number of hydrogen-bond acceptors (Lipinski definition) is 4. The minimum absolute atomic E-state index is 0.0368. The summed E-state index contributed by atoms with van der Waals surface area (Å²) in [5.74, 6) is 0.965. The van der Waals surface area contributed by atoms with E-state index in [2.05, 4.69) is 5.32 Å². The molecule has 3 aromatic carbocycles. The number of hydrogen-bond donors (Lipinski definition) is 2. The van der Waals surface area contributed by atoms with Gasteiger partial charge in [0.25, 0.3) is 5.91 Å². The van der Waals surface area contributed by atoms with Gasteiger partial charge in [-0.2, -0.15) is 5.26 Å². The molecule has 0 unspecified atom stereocenters. The second-order valence-corrected chi connectivity index (χ2v) is 5.65. The molecule has 0 aliphatic rings. The lowest BCUT2D eigenvalue weighted by atomic mass is 10.1.